The van der Waals surface area contributed by atoms with E-state index in [0.717, 1.165) is 10.6 Å². The van der Waals surface area contributed by atoms with Crippen molar-refractivity contribution in [2.45, 2.75) is 13.0 Å². The molecule has 2 aromatic rings. The number of carbonyl (C=O) groups excluding carboxylic acids is 2. The minimum atomic E-state index is -0.601. The minimum Gasteiger partial charge on any atom is -0.351 e. The van der Waals surface area contributed by atoms with Crippen LogP contribution in [0.3, 0.4) is 0 Å². The molecule has 3 rings (SSSR count). The van der Waals surface area contributed by atoms with Gasteiger partial charge in [-0.1, -0.05) is 17.7 Å². The summed E-state index contributed by atoms with van der Waals surface area (Å²) in [7, 11) is 0. The topological polar surface area (TPSA) is 49.4 Å². The summed E-state index contributed by atoms with van der Waals surface area (Å²) in [5.74, 6) is -0.948. The molecular weight excluding hydrogens is 320 g/mol. The first-order valence-corrected chi connectivity index (χ1v) is 8.28. The third-order valence-electron chi connectivity index (χ3n) is 3.68. The maximum Gasteiger partial charge on any atom is 0.239 e. The molecule has 1 aliphatic heterocycles. The highest BCUT2D eigenvalue weighted by atomic mass is 35.5. The molecule has 6 heteroatoms. The Balaban J connectivity index is 1.63. The highest BCUT2D eigenvalue weighted by Crippen LogP contribution is 2.26. The molecule has 4 nitrogen and oxygen atoms in total. The molecule has 0 radical (unpaired) electrons. The average molecular weight is 335 g/mol. The van der Waals surface area contributed by atoms with Crippen molar-refractivity contribution in [2.24, 2.45) is 5.92 Å². The van der Waals surface area contributed by atoms with Crippen molar-refractivity contribution in [3.8, 4) is 0 Å². The first-order valence-electron chi connectivity index (χ1n) is 7.02. The molecule has 2 heterocycles. The molecule has 1 aliphatic rings. The fourth-order valence-electron chi connectivity index (χ4n) is 2.51. The van der Waals surface area contributed by atoms with Gasteiger partial charge in [0.05, 0.1) is 6.54 Å². The van der Waals surface area contributed by atoms with E-state index in [1.807, 2.05) is 17.5 Å². The van der Waals surface area contributed by atoms with Crippen LogP contribution in [-0.2, 0) is 16.1 Å². The van der Waals surface area contributed by atoms with Gasteiger partial charge < -0.3 is 10.2 Å². The number of halogens is 1. The first-order chi connectivity index (χ1) is 10.6. The molecule has 114 valence electrons. The Morgan fingerprint density at radius 2 is 2.09 bits per heavy atom. The van der Waals surface area contributed by atoms with E-state index in [1.165, 1.54) is 0 Å². The molecule has 0 unspecified atom stereocenters. The van der Waals surface area contributed by atoms with Crippen LogP contribution in [0.25, 0.3) is 0 Å². The summed E-state index contributed by atoms with van der Waals surface area (Å²) in [5, 5.41) is 5.43. The molecule has 0 aliphatic carbocycles. The van der Waals surface area contributed by atoms with Gasteiger partial charge in [0.25, 0.3) is 0 Å². The van der Waals surface area contributed by atoms with Gasteiger partial charge in [-0.05, 0) is 42.1 Å². The molecule has 1 aromatic heterocycles. The monoisotopic (exact) mass is 334 g/mol. The van der Waals surface area contributed by atoms with Crippen LogP contribution in [0, 0.1) is 5.92 Å². The summed E-state index contributed by atoms with van der Waals surface area (Å²) < 4.78 is 0. The summed E-state index contributed by atoms with van der Waals surface area (Å²) in [6, 6.07) is 11.0. The lowest BCUT2D eigenvalue weighted by Crippen LogP contribution is -2.36. The molecule has 1 fully saturated rings. The van der Waals surface area contributed by atoms with Gasteiger partial charge in [0.1, 0.15) is 5.92 Å². The molecule has 1 atom stereocenters. The number of nitrogens with zero attached hydrogens (tertiary/aromatic N) is 1. The van der Waals surface area contributed by atoms with Gasteiger partial charge in [-0.2, -0.15) is 0 Å². The maximum absolute atomic E-state index is 12.4. The normalized spacial score (nSPS) is 17.8. The van der Waals surface area contributed by atoms with Gasteiger partial charge in [-0.25, -0.2) is 0 Å². The second kappa shape index (κ2) is 6.50. The molecule has 0 spiro atoms. The molecule has 2 amide bonds. The molecule has 22 heavy (non-hydrogen) atoms. The summed E-state index contributed by atoms with van der Waals surface area (Å²) >= 11 is 7.44. The summed E-state index contributed by atoms with van der Waals surface area (Å²) in [6.07, 6.45) is 0.539. The number of benzene rings is 1. The number of hydrogen-bond donors (Lipinski definition) is 1. The van der Waals surface area contributed by atoms with Gasteiger partial charge in [-0.15, -0.1) is 11.3 Å². The number of anilines is 1. The van der Waals surface area contributed by atoms with E-state index < -0.39 is 5.92 Å². The fourth-order valence-corrected chi connectivity index (χ4v) is 3.28. The van der Waals surface area contributed by atoms with Gasteiger partial charge in [0.15, 0.2) is 0 Å². The van der Waals surface area contributed by atoms with Crippen molar-refractivity contribution < 1.29 is 9.59 Å². The average Bonchev–Trinajstić information content (AvgIpc) is 3.15. The third-order valence-corrected chi connectivity index (χ3v) is 4.81. The Bertz CT molecular complexity index is 670. The largest absolute Gasteiger partial charge is 0.351 e. The van der Waals surface area contributed by atoms with Gasteiger partial charge >= 0.3 is 0 Å². The lowest BCUT2D eigenvalue weighted by atomic mass is 10.1. The third kappa shape index (κ3) is 3.15. The predicted molar refractivity (Wildman–Crippen MR) is 88.1 cm³/mol. The van der Waals surface area contributed by atoms with Crippen LogP contribution in [0.15, 0.2) is 41.8 Å². The Hall–Kier alpha value is -1.85. The van der Waals surface area contributed by atoms with Crippen molar-refractivity contribution in [3.63, 3.8) is 0 Å². The molecular formula is C16H15ClN2O2S. The SMILES string of the molecule is O=C(NCc1cccs1)[C@H]1CCN(c2ccc(Cl)cc2)C1=O. The Morgan fingerprint density at radius 3 is 2.77 bits per heavy atom. The van der Waals surface area contributed by atoms with Crippen molar-refractivity contribution in [1.82, 2.24) is 5.32 Å². The van der Waals surface area contributed by atoms with E-state index in [2.05, 4.69) is 5.32 Å². The van der Waals surface area contributed by atoms with Gasteiger partial charge in [0.2, 0.25) is 11.8 Å². The number of amides is 2. The Kier molecular flexibility index (Phi) is 4.45. The second-order valence-electron chi connectivity index (χ2n) is 5.10. The van der Waals surface area contributed by atoms with Crippen molar-refractivity contribution in [2.75, 3.05) is 11.4 Å². The van der Waals surface area contributed by atoms with Crippen molar-refractivity contribution >= 4 is 40.4 Å². The zero-order valence-corrected chi connectivity index (χ0v) is 13.4. The zero-order chi connectivity index (χ0) is 15.5. The zero-order valence-electron chi connectivity index (χ0n) is 11.8. The standard InChI is InChI=1S/C16H15ClN2O2S/c17-11-3-5-12(6-4-11)19-8-7-14(16(19)21)15(20)18-10-13-2-1-9-22-13/h1-6,9,14H,7-8,10H2,(H,18,20)/t14-/m1/s1. The number of carbonyl (C=O) groups is 2. The summed E-state index contributed by atoms with van der Waals surface area (Å²) in [4.78, 5) is 27.4. The van der Waals surface area contributed by atoms with Crippen LogP contribution in [0.5, 0.6) is 0 Å². The van der Waals surface area contributed by atoms with Crippen LogP contribution in [0.2, 0.25) is 5.02 Å². The predicted octanol–water partition coefficient (Wildman–Crippen LogP) is 3.07. The number of hydrogen-bond acceptors (Lipinski definition) is 3. The second-order valence-corrected chi connectivity index (χ2v) is 6.57. The first kappa shape index (κ1) is 15.1. The minimum absolute atomic E-state index is 0.147. The maximum atomic E-state index is 12.4. The lowest BCUT2D eigenvalue weighted by molar-refractivity contribution is -0.132. The van der Waals surface area contributed by atoms with E-state index in [4.69, 9.17) is 11.6 Å². The van der Waals surface area contributed by atoms with Crippen LogP contribution < -0.4 is 10.2 Å². The molecule has 1 aromatic carbocycles. The molecule has 0 bridgehead atoms. The van der Waals surface area contributed by atoms with Crippen LogP contribution >= 0.6 is 22.9 Å². The number of rotatable bonds is 4. The van der Waals surface area contributed by atoms with Crippen LogP contribution in [0.1, 0.15) is 11.3 Å². The van der Waals surface area contributed by atoms with Gasteiger partial charge in [-0.3, -0.25) is 9.59 Å². The summed E-state index contributed by atoms with van der Waals surface area (Å²) in [6.45, 7) is 1.03. The molecule has 0 saturated carbocycles. The lowest BCUT2D eigenvalue weighted by Gasteiger charge is -2.16. The van der Waals surface area contributed by atoms with Crippen LogP contribution in [-0.4, -0.2) is 18.4 Å². The van der Waals surface area contributed by atoms with E-state index >= 15 is 0 Å². The van der Waals surface area contributed by atoms with Crippen molar-refractivity contribution in [3.05, 3.63) is 51.7 Å². The highest BCUT2D eigenvalue weighted by Gasteiger charge is 2.37. The Morgan fingerprint density at radius 1 is 1.32 bits per heavy atom. The van der Waals surface area contributed by atoms with E-state index in [0.29, 0.717) is 24.5 Å². The molecule has 1 N–H and O–H groups in total. The highest BCUT2D eigenvalue weighted by molar-refractivity contribution is 7.09. The van der Waals surface area contributed by atoms with Gasteiger partial charge in [0, 0.05) is 22.1 Å². The number of thiophene rings is 1. The van der Waals surface area contributed by atoms with E-state index in [1.54, 1.807) is 40.5 Å². The van der Waals surface area contributed by atoms with Crippen molar-refractivity contribution in [1.29, 1.82) is 0 Å². The quantitative estimate of drug-likeness (QED) is 0.874. The smallest absolute Gasteiger partial charge is 0.239 e. The number of nitrogens with one attached hydrogen (secondary N) is 1. The summed E-state index contributed by atoms with van der Waals surface area (Å²) in [5.41, 5.74) is 0.781. The van der Waals surface area contributed by atoms with E-state index in [9.17, 15) is 9.59 Å². The van der Waals surface area contributed by atoms with E-state index in [-0.39, 0.29) is 11.8 Å². The molecule has 1 saturated heterocycles. The Labute approximate surface area is 137 Å². The fraction of sp³-hybridized carbons (Fsp3) is 0.250. The van der Waals surface area contributed by atoms with Crippen LogP contribution in [0.4, 0.5) is 5.69 Å².